The molecule has 2 aromatic rings. The van der Waals surface area contributed by atoms with Gasteiger partial charge in [-0.15, -0.1) is 0 Å². The van der Waals surface area contributed by atoms with Crippen LogP contribution in [0.5, 0.6) is 5.75 Å². The first kappa shape index (κ1) is 18.7. The fourth-order valence-corrected chi connectivity index (χ4v) is 4.17. The molecule has 26 heavy (non-hydrogen) atoms. The summed E-state index contributed by atoms with van der Waals surface area (Å²) in [6.45, 7) is 0. The van der Waals surface area contributed by atoms with E-state index in [2.05, 4.69) is 5.32 Å². The average molecular weight is 394 g/mol. The van der Waals surface area contributed by atoms with Crippen LogP contribution in [0.3, 0.4) is 0 Å². The first-order valence-corrected chi connectivity index (χ1v) is 10.5. The van der Waals surface area contributed by atoms with Gasteiger partial charge < -0.3 is 10.1 Å². The Morgan fingerprint density at radius 3 is 2.38 bits per heavy atom. The van der Waals surface area contributed by atoms with Crippen molar-refractivity contribution in [1.82, 2.24) is 5.32 Å². The summed E-state index contributed by atoms with van der Waals surface area (Å²) in [5, 5.41) is 3.14. The monoisotopic (exact) mass is 393 g/mol. The number of carbonyl (C=O) groups excluding carboxylic acids is 1. The molecule has 1 amide bonds. The van der Waals surface area contributed by atoms with Crippen LogP contribution >= 0.6 is 11.6 Å². The molecule has 2 aromatic carbocycles. The van der Waals surface area contributed by atoms with E-state index in [0.717, 1.165) is 30.4 Å². The third kappa shape index (κ3) is 4.19. The Labute approximate surface area is 158 Å². The smallest absolute Gasteiger partial charge is 0.251 e. The molecule has 1 saturated carbocycles. The van der Waals surface area contributed by atoms with Crippen molar-refractivity contribution in [3.05, 3.63) is 58.6 Å². The van der Waals surface area contributed by atoms with Gasteiger partial charge in [-0.05, 0) is 54.7 Å². The van der Waals surface area contributed by atoms with E-state index in [4.69, 9.17) is 16.3 Å². The molecule has 1 fully saturated rings. The highest BCUT2D eigenvalue weighted by atomic mass is 35.5. The number of sulfone groups is 1. The van der Waals surface area contributed by atoms with Crippen LogP contribution in [0.15, 0.2) is 47.4 Å². The predicted molar refractivity (Wildman–Crippen MR) is 100 cm³/mol. The zero-order chi connectivity index (χ0) is 18.9. The molecule has 7 heteroatoms. The molecular formula is C19H20ClNO4S. The van der Waals surface area contributed by atoms with Crippen molar-refractivity contribution >= 4 is 27.3 Å². The van der Waals surface area contributed by atoms with Gasteiger partial charge in [0.2, 0.25) is 0 Å². The van der Waals surface area contributed by atoms with Crippen molar-refractivity contribution in [2.75, 3.05) is 13.4 Å². The summed E-state index contributed by atoms with van der Waals surface area (Å²) in [7, 11) is -1.90. The first-order valence-electron chi connectivity index (χ1n) is 8.24. The third-order valence-corrected chi connectivity index (χ3v) is 6.03. The van der Waals surface area contributed by atoms with Gasteiger partial charge in [0.15, 0.2) is 9.84 Å². The molecule has 138 valence electrons. The normalized spacial score (nSPS) is 15.3. The molecule has 3 rings (SSSR count). The fraction of sp³-hybridized carbons (Fsp3) is 0.316. The van der Waals surface area contributed by atoms with Crippen molar-refractivity contribution in [3.8, 4) is 5.75 Å². The fourth-order valence-electron chi connectivity index (χ4n) is 2.87. The van der Waals surface area contributed by atoms with Gasteiger partial charge in [0.1, 0.15) is 5.75 Å². The van der Waals surface area contributed by atoms with Gasteiger partial charge in [-0.1, -0.05) is 23.7 Å². The quantitative estimate of drug-likeness (QED) is 0.813. The van der Waals surface area contributed by atoms with Crippen molar-refractivity contribution in [2.45, 2.75) is 23.8 Å². The first-order chi connectivity index (χ1) is 12.3. The summed E-state index contributed by atoms with van der Waals surface area (Å²) in [5.41, 5.74) is 1.27. The van der Waals surface area contributed by atoms with Gasteiger partial charge in [-0.25, -0.2) is 8.42 Å². The molecule has 0 saturated heterocycles. The minimum Gasteiger partial charge on any atom is -0.497 e. The van der Waals surface area contributed by atoms with Gasteiger partial charge in [-0.2, -0.15) is 0 Å². The Hall–Kier alpha value is -2.05. The molecule has 1 unspecified atom stereocenters. The van der Waals surface area contributed by atoms with Gasteiger partial charge in [0.05, 0.1) is 23.1 Å². The predicted octanol–water partition coefficient (Wildman–Crippen LogP) is 3.63. The van der Waals surface area contributed by atoms with E-state index >= 15 is 0 Å². The number of methoxy groups -OCH3 is 1. The van der Waals surface area contributed by atoms with Gasteiger partial charge in [-0.3, -0.25) is 4.79 Å². The van der Waals surface area contributed by atoms with E-state index in [9.17, 15) is 13.2 Å². The maximum atomic E-state index is 12.7. The van der Waals surface area contributed by atoms with Gasteiger partial charge >= 0.3 is 0 Å². The highest BCUT2D eigenvalue weighted by molar-refractivity contribution is 7.90. The number of amides is 1. The molecule has 0 heterocycles. The van der Waals surface area contributed by atoms with Crippen LogP contribution in [0.1, 0.15) is 34.8 Å². The molecule has 0 aliphatic heterocycles. The van der Waals surface area contributed by atoms with E-state index in [1.807, 2.05) is 24.3 Å². The van der Waals surface area contributed by atoms with E-state index in [1.165, 1.54) is 18.2 Å². The van der Waals surface area contributed by atoms with Crippen LogP contribution in [0.2, 0.25) is 5.02 Å². The second-order valence-electron chi connectivity index (χ2n) is 6.48. The van der Waals surface area contributed by atoms with Gasteiger partial charge in [0.25, 0.3) is 5.91 Å². The number of halogens is 1. The van der Waals surface area contributed by atoms with Crippen LogP contribution in [0, 0.1) is 5.92 Å². The number of ether oxygens (including phenoxy) is 1. The summed E-state index contributed by atoms with van der Waals surface area (Å²) in [6, 6.07) is 11.8. The molecular weight excluding hydrogens is 374 g/mol. The Morgan fingerprint density at radius 2 is 1.85 bits per heavy atom. The number of nitrogens with one attached hydrogen (secondary N) is 1. The van der Waals surface area contributed by atoms with Crippen LogP contribution in [-0.2, 0) is 9.84 Å². The Bertz CT molecular complexity index is 921. The second-order valence-corrected chi connectivity index (χ2v) is 8.87. The number of benzene rings is 2. The van der Waals surface area contributed by atoms with Crippen LogP contribution in [0.25, 0.3) is 0 Å². The molecule has 0 aromatic heterocycles. The highest BCUT2D eigenvalue weighted by Crippen LogP contribution is 2.41. The van der Waals surface area contributed by atoms with Crippen molar-refractivity contribution in [2.24, 2.45) is 5.92 Å². The third-order valence-electron chi connectivity index (χ3n) is 4.45. The highest BCUT2D eigenvalue weighted by Gasteiger charge is 2.33. The Morgan fingerprint density at radius 1 is 1.19 bits per heavy atom. The van der Waals surface area contributed by atoms with Crippen LogP contribution in [0.4, 0.5) is 0 Å². The Kier molecular flexibility index (Phi) is 5.25. The zero-order valence-corrected chi connectivity index (χ0v) is 16.1. The SMILES string of the molecule is COc1ccc(C(NC(=O)c2ccc(Cl)c(S(C)(=O)=O)c2)C2CC2)cc1. The molecule has 5 nitrogen and oxygen atoms in total. The number of carbonyl (C=O) groups is 1. The van der Waals surface area contributed by atoms with Crippen molar-refractivity contribution in [3.63, 3.8) is 0 Å². The Balaban J connectivity index is 1.85. The molecule has 0 bridgehead atoms. The summed E-state index contributed by atoms with van der Waals surface area (Å²) < 4.78 is 28.8. The summed E-state index contributed by atoms with van der Waals surface area (Å²) in [4.78, 5) is 12.7. The van der Waals surface area contributed by atoms with Gasteiger partial charge in [0, 0.05) is 11.8 Å². The lowest BCUT2D eigenvalue weighted by Crippen LogP contribution is -2.30. The largest absolute Gasteiger partial charge is 0.497 e. The standard InChI is InChI=1S/C19H20ClNO4S/c1-25-15-8-5-13(6-9-15)18(12-3-4-12)21-19(22)14-7-10-16(20)17(11-14)26(2,23)24/h5-12,18H,3-4H2,1-2H3,(H,21,22). The summed E-state index contributed by atoms with van der Waals surface area (Å²) >= 11 is 5.95. The molecule has 0 spiro atoms. The van der Waals surface area contributed by atoms with Crippen LogP contribution in [-0.4, -0.2) is 27.7 Å². The zero-order valence-electron chi connectivity index (χ0n) is 14.5. The van der Waals surface area contributed by atoms with E-state index in [0.29, 0.717) is 5.92 Å². The van der Waals surface area contributed by atoms with E-state index in [-0.39, 0.29) is 27.4 Å². The number of rotatable bonds is 6. The number of hydrogen-bond donors (Lipinski definition) is 1. The molecule has 1 aliphatic rings. The minimum atomic E-state index is -3.51. The van der Waals surface area contributed by atoms with Crippen LogP contribution < -0.4 is 10.1 Å². The van der Waals surface area contributed by atoms with E-state index in [1.54, 1.807) is 7.11 Å². The summed E-state index contributed by atoms with van der Waals surface area (Å²) in [6.07, 6.45) is 3.17. The molecule has 0 radical (unpaired) electrons. The second kappa shape index (κ2) is 7.29. The van der Waals surface area contributed by atoms with E-state index < -0.39 is 9.84 Å². The molecule has 1 aliphatic carbocycles. The lowest BCUT2D eigenvalue weighted by Gasteiger charge is -2.19. The molecule has 1 N–H and O–H groups in total. The number of hydrogen-bond acceptors (Lipinski definition) is 4. The lowest BCUT2D eigenvalue weighted by atomic mass is 10.0. The van der Waals surface area contributed by atoms with Crippen molar-refractivity contribution < 1.29 is 17.9 Å². The molecule has 1 atom stereocenters. The van der Waals surface area contributed by atoms with Crippen molar-refractivity contribution in [1.29, 1.82) is 0 Å². The summed E-state index contributed by atoms with van der Waals surface area (Å²) in [5.74, 6) is 0.818. The maximum Gasteiger partial charge on any atom is 0.251 e. The minimum absolute atomic E-state index is 0.0424. The average Bonchev–Trinajstić information content (AvgIpc) is 3.44. The maximum absolute atomic E-state index is 12.7. The lowest BCUT2D eigenvalue weighted by molar-refractivity contribution is 0.0931. The topological polar surface area (TPSA) is 72.5 Å².